The number of non-ortho nitro benzene ring substituents is 1. The molecular formula is C16H14N6O3. The number of hydrogen-bond acceptors (Lipinski definition) is 5. The largest absolute Gasteiger partial charge is 0.349 e. The number of rotatable bonds is 5. The zero-order valence-corrected chi connectivity index (χ0v) is 13.2. The van der Waals surface area contributed by atoms with E-state index in [2.05, 4.69) is 20.7 Å². The molecule has 3 rings (SSSR count). The van der Waals surface area contributed by atoms with E-state index in [0.29, 0.717) is 11.3 Å². The highest BCUT2D eigenvalue weighted by Gasteiger charge is 2.12. The fourth-order valence-electron chi connectivity index (χ4n) is 2.24. The normalized spacial score (nSPS) is 10.9. The second kappa shape index (κ2) is 6.79. The van der Waals surface area contributed by atoms with Crippen LogP contribution in [0.5, 0.6) is 0 Å². The molecule has 0 atom stereocenters. The van der Waals surface area contributed by atoms with Crippen LogP contribution in [0, 0.1) is 10.1 Å². The summed E-state index contributed by atoms with van der Waals surface area (Å²) in [4.78, 5) is 22.3. The van der Waals surface area contributed by atoms with Crippen molar-refractivity contribution in [1.82, 2.24) is 20.2 Å². The van der Waals surface area contributed by atoms with E-state index in [0.717, 1.165) is 5.69 Å². The SMILES string of the molecule is Cn1cccc1-c1cc(C(=O)N/N=C\c2cccc([N+](=O)[O-])c2)[nH]n1. The lowest BCUT2D eigenvalue weighted by Gasteiger charge is -1.97. The number of nitro groups is 1. The van der Waals surface area contributed by atoms with Gasteiger partial charge in [0.1, 0.15) is 11.4 Å². The van der Waals surface area contributed by atoms with Crippen molar-refractivity contribution in [3.8, 4) is 11.4 Å². The van der Waals surface area contributed by atoms with Crippen molar-refractivity contribution in [3.05, 3.63) is 70.0 Å². The quantitative estimate of drug-likeness (QED) is 0.420. The number of benzene rings is 1. The molecule has 2 heterocycles. The van der Waals surface area contributed by atoms with Crippen molar-refractivity contribution >= 4 is 17.8 Å². The minimum absolute atomic E-state index is 0.0453. The number of H-pyrrole nitrogens is 1. The number of nitrogens with one attached hydrogen (secondary N) is 2. The average molecular weight is 338 g/mol. The number of aryl methyl sites for hydroxylation is 1. The monoisotopic (exact) mass is 338 g/mol. The molecule has 1 aromatic carbocycles. The van der Waals surface area contributed by atoms with Gasteiger partial charge in [-0.05, 0) is 18.2 Å². The predicted octanol–water partition coefficient (Wildman–Crippen LogP) is 2.09. The van der Waals surface area contributed by atoms with Crippen LogP contribution in [0.3, 0.4) is 0 Å². The number of nitro benzene ring substituents is 1. The number of hydrazone groups is 1. The molecule has 0 aliphatic carbocycles. The molecule has 3 aromatic rings. The van der Waals surface area contributed by atoms with E-state index in [4.69, 9.17) is 0 Å². The second-order valence-corrected chi connectivity index (χ2v) is 5.22. The van der Waals surface area contributed by atoms with Gasteiger partial charge in [0.2, 0.25) is 0 Å². The van der Waals surface area contributed by atoms with Crippen LogP contribution in [-0.2, 0) is 7.05 Å². The zero-order valence-electron chi connectivity index (χ0n) is 13.2. The lowest BCUT2D eigenvalue weighted by atomic mass is 10.2. The predicted molar refractivity (Wildman–Crippen MR) is 91.2 cm³/mol. The summed E-state index contributed by atoms with van der Waals surface area (Å²) in [7, 11) is 1.88. The third kappa shape index (κ3) is 3.61. The van der Waals surface area contributed by atoms with Crippen LogP contribution in [0.2, 0.25) is 0 Å². The molecule has 0 aliphatic rings. The Labute approximate surface area is 142 Å². The highest BCUT2D eigenvalue weighted by molar-refractivity contribution is 5.94. The molecule has 0 fully saturated rings. The van der Waals surface area contributed by atoms with Crippen molar-refractivity contribution < 1.29 is 9.72 Å². The van der Waals surface area contributed by atoms with Gasteiger partial charge in [0.05, 0.1) is 16.8 Å². The van der Waals surface area contributed by atoms with Gasteiger partial charge in [0, 0.05) is 30.9 Å². The molecule has 0 bridgehead atoms. The van der Waals surface area contributed by atoms with Crippen molar-refractivity contribution in [2.24, 2.45) is 12.1 Å². The lowest BCUT2D eigenvalue weighted by molar-refractivity contribution is -0.384. The number of carbonyl (C=O) groups excluding carboxylic acids is 1. The maximum absolute atomic E-state index is 12.1. The fraction of sp³-hybridized carbons (Fsp3) is 0.0625. The molecule has 2 N–H and O–H groups in total. The number of aromatic nitrogens is 3. The third-order valence-electron chi connectivity index (χ3n) is 3.49. The molecule has 126 valence electrons. The van der Waals surface area contributed by atoms with Gasteiger partial charge in [0.25, 0.3) is 11.6 Å². The Morgan fingerprint density at radius 3 is 2.92 bits per heavy atom. The Balaban J connectivity index is 1.67. The number of hydrogen-bond donors (Lipinski definition) is 2. The Kier molecular flexibility index (Phi) is 4.38. The van der Waals surface area contributed by atoms with Crippen LogP contribution < -0.4 is 5.43 Å². The number of aromatic amines is 1. The van der Waals surface area contributed by atoms with Crippen LogP contribution in [0.1, 0.15) is 16.1 Å². The molecular weight excluding hydrogens is 324 g/mol. The molecule has 0 saturated heterocycles. The van der Waals surface area contributed by atoms with E-state index in [-0.39, 0.29) is 11.4 Å². The molecule has 2 aromatic heterocycles. The molecule has 0 spiro atoms. The van der Waals surface area contributed by atoms with E-state index in [1.165, 1.54) is 18.3 Å². The Morgan fingerprint density at radius 1 is 1.36 bits per heavy atom. The summed E-state index contributed by atoms with van der Waals surface area (Å²) in [5.41, 5.74) is 4.58. The first-order valence-corrected chi connectivity index (χ1v) is 7.29. The smallest absolute Gasteiger partial charge is 0.289 e. The van der Waals surface area contributed by atoms with Crippen LogP contribution in [-0.4, -0.2) is 31.8 Å². The van der Waals surface area contributed by atoms with Crippen LogP contribution in [0.15, 0.2) is 53.8 Å². The zero-order chi connectivity index (χ0) is 17.8. The summed E-state index contributed by atoms with van der Waals surface area (Å²) in [6.45, 7) is 0. The van der Waals surface area contributed by atoms with Crippen LogP contribution >= 0.6 is 0 Å². The van der Waals surface area contributed by atoms with Crippen LogP contribution in [0.4, 0.5) is 5.69 Å². The van der Waals surface area contributed by atoms with Crippen LogP contribution in [0.25, 0.3) is 11.4 Å². The van der Waals surface area contributed by atoms with Gasteiger partial charge in [-0.15, -0.1) is 0 Å². The average Bonchev–Trinajstić information content (AvgIpc) is 3.23. The number of amides is 1. The minimum atomic E-state index is -0.494. The first-order valence-electron chi connectivity index (χ1n) is 7.29. The van der Waals surface area contributed by atoms with Crippen molar-refractivity contribution in [1.29, 1.82) is 0 Å². The molecule has 0 aliphatic heterocycles. The van der Waals surface area contributed by atoms with Gasteiger partial charge in [-0.1, -0.05) is 12.1 Å². The maximum atomic E-state index is 12.1. The van der Waals surface area contributed by atoms with Gasteiger partial charge in [-0.3, -0.25) is 20.0 Å². The molecule has 0 saturated carbocycles. The van der Waals surface area contributed by atoms with E-state index in [9.17, 15) is 14.9 Å². The van der Waals surface area contributed by atoms with Gasteiger partial charge in [-0.25, -0.2) is 5.43 Å². The molecule has 9 nitrogen and oxygen atoms in total. The summed E-state index contributed by atoms with van der Waals surface area (Å²) in [5, 5.41) is 21.3. The van der Waals surface area contributed by atoms with E-state index >= 15 is 0 Å². The van der Waals surface area contributed by atoms with Crippen molar-refractivity contribution in [3.63, 3.8) is 0 Å². The fourth-order valence-corrected chi connectivity index (χ4v) is 2.24. The van der Waals surface area contributed by atoms with E-state index in [1.807, 2.05) is 29.9 Å². The van der Waals surface area contributed by atoms with Gasteiger partial charge < -0.3 is 4.57 Å². The Bertz CT molecular complexity index is 956. The summed E-state index contributed by atoms with van der Waals surface area (Å²) >= 11 is 0. The topological polar surface area (TPSA) is 118 Å². The summed E-state index contributed by atoms with van der Waals surface area (Å²) in [6.07, 6.45) is 3.21. The molecule has 25 heavy (non-hydrogen) atoms. The number of carbonyl (C=O) groups is 1. The highest BCUT2D eigenvalue weighted by atomic mass is 16.6. The summed E-state index contributed by atoms with van der Waals surface area (Å²) < 4.78 is 1.89. The molecule has 0 radical (unpaired) electrons. The Morgan fingerprint density at radius 2 is 2.20 bits per heavy atom. The minimum Gasteiger partial charge on any atom is -0.349 e. The van der Waals surface area contributed by atoms with Gasteiger partial charge in [0.15, 0.2) is 0 Å². The van der Waals surface area contributed by atoms with Crippen molar-refractivity contribution in [2.75, 3.05) is 0 Å². The standard InChI is InChI=1S/C16H14N6O3/c1-21-7-3-6-15(21)13-9-14(19-18-13)16(23)20-17-10-11-4-2-5-12(8-11)22(24)25/h2-10H,1H3,(H,18,19)(H,20,23)/b17-10-. The first kappa shape index (κ1) is 16.1. The Hall–Kier alpha value is -3.75. The third-order valence-corrected chi connectivity index (χ3v) is 3.49. The highest BCUT2D eigenvalue weighted by Crippen LogP contribution is 2.17. The molecule has 9 heteroatoms. The lowest BCUT2D eigenvalue weighted by Crippen LogP contribution is -2.18. The van der Waals surface area contributed by atoms with E-state index in [1.54, 1.807) is 18.2 Å². The summed E-state index contributed by atoms with van der Waals surface area (Å²) in [6, 6.07) is 11.3. The maximum Gasteiger partial charge on any atom is 0.289 e. The van der Waals surface area contributed by atoms with Gasteiger partial charge >= 0.3 is 0 Å². The first-order chi connectivity index (χ1) is 12.0. The molecule has 0 unspecified atom stereocenters. The van der Waals surface area contributed by atoms with Crippen molar-refractivity contribution in [2.45, 2.75) is 0 Å². The van der Waals surface area contributed by atoms with E-state index < -0.39 is 10.8 Å². The van der Waals surface area contributed by atoms with Gasteiger partial charge in [-0.2, -0.15) is 10.2 Å². The summed E-state index contributed by atoms with van der Waals surface area (Å²) in [5.74, 6) is -0.463. The molecule has 1 amide bonds. The number of nitrogens with zero attached hydrogens (tertiary/aromatic N) is 4. The second-order valence-electron chi connectivity index (χ2n) is 5.22.